The molecule has 7 heteroatoms. The highest BCUT2D eigenvalue weighted by molar-refractivity contribution is 8.03. The van der Waals surface area contributed by atoms with Crippen molar-refractivity contribution in [2.24, 2.45) is 0 Å². The third kappa shape index (κ3) is 4.73. The van der Waals surface area contributed by atoms with Gasteiger partial charge in [-0.15, -0.1) is 11.3 Å². The van der Waals surface area contributed by atoms with E-state index >= 15 is 0 Å². The fourth-order valence-electron chi connectivity index (χ4n) is 3.09. The van der Waals surface area contributed by atoms with Gasteiger partial charge >= 0.3 is 5.97 Å². The molecule has 0 saturated carbocycles. The highest BCUT2D eigenvalue weighted by atomic mass is 32.2. The number of ether oxygens (including phenoxy) is 1. The van der Waals surface area contributed by atoms with E-state index in [2.05, 4.69) is 18.0 Å². The Labute approximate surface area is 183 Å². The van der Waals surface area contributed by atoms with Gasteiger partial charge in [0.15, 0.2) is 5.78 Å². The van der Waals surface area contributed by atoms with Crippen LogP contribution in [0, 0.1) is 11.3 Å². The minimum Gasteiger partial charge on any atom is -0.458 e. The number of nitrogens with one attached hydrogen (secondary N) is 1. The van der Waals surface area contributed by atoms with E-state index in [0.717, 1.165) is 4.88 Å². The van der Waals surface area contributed by atoms with E-state index in [1.165, 1.54) is 29.2 Å². The zero-order valence-electron chi connectivity index (χ0n) is 16.4. The van der Waals surface area contributed by atoms with Crippen LogP contribution in [0.5, 0.6) is 0 Å². The van der Waals surface area contributed by atoms with Gasteiger partial charge in [0.05, 0.1) is 33.9 Å². The van der Waals surface area contributed by atoms with Crippen molar-refractivity contribution in [3.63, 3.8) is 0 Å². The number of esters is 1. The molecule has 1 aromatic carbocycles. The van der Waals surface area contributed by atoms with Crippen LogP contribution in [0.1, 0.15) is 28.1 Å². The van der Waals surface area contributed by atoms with Crippen LogP contribution in [0.2, 0.25) is 0 Å². The number of hydrogen-bond acceptors (Lipinski definition) is 7. The summed E-state index contributed by atoms with van der Waals surface area (Å²) in [5, 5.41) is 15.6. The lowest BCUT2D eigenvalue weighted by molar-refractivity contribution is -0.138. The SMILES string of the molecule is C=CCOC(=O)C1=C(C)NC(SCC(=O)c2ccccc2)=C(C#N)[C@@H]1c1cccs1. The van der Waals surface area contributed by atoms with Crippen LogP contribution < -0.4 is 5.32 Å². The van der Waals surface area contributed by atoms with E-state index in [1.807, 2.05) is 35.7 Å². The van der Waals surface area contributed by atoms with E-state index in [-0.39, 0.29) is 18.1 Å². The number of nitrogens with zero attached hydrogens (tertiary/aromatic N) is 1. The quantitative estimate of drug-likeness (QED) is 0.364. The van der Waals surface area contributed by atoms with Gasteiger partial charge in [-0.1, -0.05) is 60.8 Å². The molecule has 1 aliphatic rings. The predicted molar refractivity (Wildman–Crippen MR) is 120 cm³/mol. The molecule has 2 aromatic rings. The predicted octanol–water partition coefficient (Wildman–Crippen LogP) is 4.79. The number of thiophene rings is 1. The summed E-state index contributed by atoms with van der Waals surface area (Å²) < 4.78 is 5.27. The number of thioether (sulfide) groups is 1. The first-order chi connectivity index (χ1) is 14.6. The van der Waals surface area contributed by atoms with E-state index in [1.54, 1.807) is 19.1 Å². The van der Waals surface area contributed by atoms with Crippen molar-refractivity contribution in [2.45, 2.75) is 12.8 Å². The number of hydrogen-bond donors (Lipinski definition) is 1. The number of carbonyl (C=O) groups is 2. The minimum absolute atomic E-state index is 0.0299. The van der Waals surface area contributed by atoms with Gasteiger partial charge in [0.25, 0.3) is 0 Å². The maximum Gasteiger partial charge on any atom is 0.337 e. The van der Waals surface area contributed by atoms with Crippen LogP contribution in [-0.4, -0.2) is 24.1 Å². The van der Waals surface area contributed by atoms with Crippen LogP contribution in [0.3, 0.4) is 0 Å². The summed E-state index contributed by atoms with van der Waals surface area (Å²) in [6.45, 7) is 5.44. The maximum atomic E-state index is 12.7. The summed E-state index contributed by atoms with van der Waals surface area (Å²) in [6.07, 6.45) is 1.50. The number of rotatable bonds is 8. The van der Waals surface area contributed by atoms with Crippen molar-refractivity contribution >= 4 is 34.9 Å². The highest BCUT2D eigenvalue weighted by Crippen LogP contribution is 2.42. The van der Waals surface area contributed by atoms with Crippen molar-refractivity contribution in [2.75, 3.05) is 12.4 Å². The first-order valence-corrected chi connectivity index (χ1v) is 11.1. The van der Waals surface area contributed by atoms with Gasteiger partial charge in [0.1, 0.15) is 6.61 Å². The first-order valence-electron chi connectivity index (χ1n) is 9.21. The number of allylic oxidation sites excluding steroid dienone is 2. The Hall–Kier alpha value is -3.08. The number of nitriles is 1. The standard InChI is InChI=1S/C23H20N2O3S2/c1-3-11-28-23(27)20-15(2)25-22(17(13-24)21(20)19-10-7-12-29-19)30-14-18(26)16-8-5-4-6-9-16/h3-10,12,21,25H,1,11,14H2,2H3/t21-/m1/s1. The number of benzene rings is 1. The molecule has 0 unspecified atom stereocenters. The molecular formula is C23H20N2O3S2. The smallest absolute Gasteiger partial charge is 0.337 e. The number of Topliss-reactive ketones (excluding diaryl/α,β-unsaturated/α-hetero) is 1. The molecule has 152 valence electrons. The second kappa shape index (κ2) is 10.1. The van der Waals surface area contributed by atoms with Crippen LogP contribution in [-0.2, 0) is 9.53 Å². The molecule has 0 aliphatic carbocycles. The van der Waals surface area contributed by atoms with Gasteiger partial charge in [-0.2, -0.15) is 5.26 Å². The molecule has 3 rings (SSSR count). The third-order valence-corrected chi connectivity index (χ3v) is 6.43. The topological polar surface area (TPSA) is 79.2 Å². The second-order valence-electron chi connectivity index (χ2n) is 6.43. The second-order valence-corrected chi connectivity index (χ2v) is 8.40. The Bertz CT molecular complexity index is 1050. The molecule has 30 heavy (non-hydrogen) atoms. The van der Waals surface area contributed by atoms with Crippen molar-refractivity contribution in [1.29, 1.82) is 5.26 Å². The molecule has 1 N–H and O–H groups in total. The normalized spacial score (nSPS) is 15.9. The largest absolute Gasteiger partial charge is 0.458 e. The van der Waals surface area contributed by atoms with Crippen molar-refractivity contribution in [3.8, 4) is 6.07 Å². The zero-order valence-corrected chi connectivity index (χ0v) is 18.0. The maximum absolute atomic E-state index is 12.7. The van der Waals surface area contributed by atoms with Crippen molar-refractivity contribution < 1.29 is 14.3 Å². The molecule has 0 spiro atoms. The van der Waals surface area contributed by atoms with Crippen LogP contribution in [0.15, 0.2) is 82.4 Å². The lowest BCUT2D eigenvalue weighted by atomic mass is 9.87. The summed E-state index contributed by atoms with van der Waals surface area (Å²) in [5.74, 6) is -0.880. The Kier molecular flexibility index (Phi) is 7.28. The van der Waals surface area contributed by atoms with Gasteiger partial charge in [-0.05, 0) is 18.4 Å². The van der Waals surface area contributed by atoms with Crippen LogP contribution in [0.25, 0.3) is 0 Å². The van der Waals surface area contributed by atoms with Crippen molar-refractivity contribution in [3.05, 3.63) is 92.8 Å². The monoisotopic (exact) mass is 436 g/mol. The average Bonchev–Trinajstić information content (AvgIpc) is 3.30. The Morgan fingerprint density at radius 1 is 1.30 bits per heavy atom. The lowest BCUT2D eigenvalue weighted by Gasteiger charge is -2.28. The summed E-state index contributed by atoms with van der Waals surface area (Å²) in [5.41, 5.74) is 2.03. The average molecular weight is 437 g/mol. The van der Waals surface area contributed by atoms with Crippen molar-refractivity contribution in [1.82, 2.24) is 5.32 Å². The van der Waals surface area contributed by atoms with E-state index < -0.39 is 11.9 Å². The summed E-state index contributed by atoms with van der Waals surface area (Å²) in [7, 11) is 0. The molecule has 5 nitrogen and oxygen atoms in total. The Morgan fingerprint density at radius 3 is 2.70 bits per heavy atom. The number of ketones is 1. The number of carbonyl (C=O) groups excluding carboxylic acids is 2. The van der Waals surface area contributed by atoms with Gasteiger partial charge in [-0.25, -0.2) is 4.79 Å². The molecule has 0 radical (unpaired) electrons. The molecule has 0 saturated heterocycles. The van der Waals surface area contributed by atoms with Gasteiger partial charge in [0, 0.05) is 16.1 Å². The molecule has 0 fully saturated rings. The Balaban J connectivity index is 1.92. The van der Waals surface area contributed by atoms with E-state index in [9.17, 15) is 14.9 Å². The summed E-state index contributed by atoms with van der Waals surface area (Å²) in [6, 6.07) is 15.0. The molecule has 2 heterocycles. The molecule has 0 bridgehead atoms. The molecule has 1 aliphatic heterocycles. The van der Waals surface area contributed by atoms with Gasteiger partial charge in [0.2, 0.25) is 0 Å². The fraction of sp³-hybridized carbons (Fsp3) is 0.174. The molecule has 0 amide bonds. The zero-order chi connectivity index (χ0) is 21.5. The summed E-state index contributed by atoms with van der Waals surface area (Å²) >= 11 is 2.74. The first kappa shape index (κ1) is 21.6. The van der Waals surface area contributed by atoms with Crippen LogP contribution >= 0.6 is 23.1 Å². The third-order valence-electron chi connectivity index (χ3n) is 4.47. The van der Waals surface area contributed by atoms with Gasteiger partial charge in [-0.3, -0.25) is 4.79 Å². The van der Waals surface area contributed by atoms with Crippen LogP contribution in [0.4, 0.5) is 0 Å². The minimum atomic E-state index is -0.539. The van der Waals surface area contributed by atoms with E-state index in [0.29, 0.717) is 27.4 Å². The van der Waals surface area contributed by atoms with E-state index in [4.69, 9.17) is 4.74 Å². The fourth-order valence-corrected chi connectivity index (χ4v) is 4.92. The molecular weight excluding hydrogens is 416 g/mol. The molecule has 1 atom stereocenters. The Morgan fingerprint density at radius 2 is 2.07 bits per heavy atom. The highest BCUT2D eigenvalue weighted by Gasteiger charge is 2.36. The summed E-state index contributed by atoms with van der Waals surface area (Å²) in [4.78, 5) is 26.1. The lowest BCUT2D eigenvalue weighted by Crippen LogP contribution is -2.28. The van der Waals surface area contributed by atoms with Gasteiger partial charge < -0.3 is 10.1 Å². The number of dihydropyridines is 1. The molecule has 1 aromatic heterocycles.